The monoisotopic (exact) mass is 265 g/mol. The minimum absolute atomic E-state index is 0.323. The Morgan fingerprint density at radius 3 is 2.78 bits per heavy atom. The third-order valence-corrected chi connectivity index (χ3v) is 6.11. The van der Waals surface area contributed by atoms with Gasteiger partial charge in [0.05, 0.1) is 10.8 Å². The van der Waals surface area contributed by atoms with Crippen LogP contribution in [-0.4, -0.2) is 9.46 Å². The van der Waals surface area contributed by atoms with E-state index in [4.69, 9.17) is 5.73 Å². The van der Waals surface area contributed by atoms with Crippen molar-refractivity contribution in [2.24, 2.45) is 5.92 Å². The minimum atomic E-state index is -0.902. The molecule has 0 aliphatic heterocycles. The van der Waals surface area contributed by atoms with E-state index in [1.165, 1.54) is 19.3 Å². The summed E-state index contributed by atoms with van der Waals surface area (Å²) in [5.41, 5.74) is 7.64. The summed E-state index contributed by atoms with van der Waals surface area (Å²) in [6, 6.07) is 5.76. The average Bonchev–Trinajstić information content (AvgIpc) is 2.40. The second-order valence-electron chi connectivity index (χ2n) is 5.31. The molecule has 0 spiro atoms. The SMILES string of the molecule is CCC1CCCCC1S(=O)c1cc(N)ccc1C. The van der Waals surface area contributed by atoms with E-state index >= 15 is 0 Å². The largest absolute Gasteiger partial charge is 0.399 e. The molecular formula is C15H23NOS. The zero-order chi connectivity index (χ0) is 13.1. The van der Waals surface area contributed by atoms with Crippen LogP contribution in [-0.2, 0) is 10.8 Å². The fourth-order valence-electron chi connectivity index (χ4n) is 2.92. The number of aryl methyl sites for hydroxylation is 1. The van der Waals surface area contributed by atoms with Gasteiger partial charge in [-0.15, -0.1) is 0 Å². The predicted octanol–water partition coefficient (Wildman–Crippen LogP) is 3.65. The van der Waals surface area contributed by atoms with Crippen molar-refractivity contribution in [3.8, 4) is 0 Å². The lowest BCUT2D eigenvalue weighted by molar-refractivity contribution is 0.355. The molecule has 1 aliphatic rings. The Kier molecular flexibility index (Phi) is 4.44. The number of rotatable bonds is 3. The first-order valence-corrected chi connectivity index (χ1v) is 8.11. The van der Waals surface area contributed by atoms with Crippen LogP contribution in [0.1, 0.15) is 44.6 Å². The molecule has 1 fully saturated rings. The van der Waals surface area contributed by atoms with Crippen LogP contribution in [0.4, 0.5) is 5.69 Å². The van der Waals surface area contributed by atoms with Crippen molar-refractivity contribution in [3.05, 3.63) is 23.8 Å². The molecule has 0 bridgehead atoms. The first-order valence-electron chi connectivity index (χ1n) is 6.90. The van der Waals surface area contributed by atoms with Crippen LogP contribution >= 0.6 is 0 Å². The molecule has 0 saturated heterocycles. The van der Waals surface area contributed by atoms with E-state index in [0.29, 0.717) is 16.9 Å². The Morgan fingerprint density at radius 2 is 2.06 bits per heavy atom. The van der Waals surface area contributed by atoms with Crippen LogP contribution in [0.2, 0.25) is 0 Å². The zero-order valence-electron chi connectivity index (χ0n) is 11.3. The Balaban J connectivity index is 2.26. The van der Waals surface area contributed by atoms with Crippen molar-refractivity contribution in [3.63, 3.8) is 0 Å². The molecule has 3 heteroatoms. The topological polar surface area (TPSA) is 43.1 Å². The highest BCUT2D eigenvalue weighted by Crippen LogP contribution is 2.34. The average molecular weight is 265 g/mol. The molecule has 3 atom stereocenters. The van der Waals surface area contributed by atoms with Crippen LogP contribution in [0.25, 0.3) is 0 Å². The summed E-state index contributed by atoms with van der Waals surface area (Å²) in [5, 5.41) is 0.323. The summed E-state index contributed by atoms with van der Waals surface area (Å²) in [6.45, 7) is 4.24. The van der Waals surface area contributed by atoms with Crippen molar-refractivity contribution in [1.29, 1.82) is 0 Å². The van der Waals surface area contributed by atoms with Gasteiger partial charge in [0.1, 0.15) is 0 Å². The molecule has 2 nitrogen and oxygen atoms in total. The summed E-state index contributed by atoms with van der Waals surface area (Å²) in [4.78, 5) is 0.945. The van der Waals surface area contributed by atoms with E-state index in [2.05, 4.69) is 6.92 Å². The van der Waals surface area contributed by atoms with Crippen molar-refractivity contribution in [2.45, 2.75) is 56.1 Å². The highest BCUT2D eigenvalue weighted by atomic mass is 32.2. The lowest BCUT2D eigenvalue weighted by atomic mass is 9.87. The summed E-state index contributed by atoms with van der Waals surface area (Å²) >= 11 is 0. The Bertz CT molecular complexity index is 444. The third kappa shape index (κ3) is 2.77. The van der Waals surface area contributed by atoms with Gasteiger partial charge in [-0.25, -0.2) is 0 Å². The maximum Gasteiger partial charge on any atom is 0.0567 e. The Morgan fingerprint density at radius 1 is 1.33 bits per heavy atom. The van der Waals surface area contributed by atoms with Crippen LogP contribution in [0.5, 0.6) is 0 Å². The number of benzene rings is 1. The number of anilines is 1. The molecule has 2 N–H and O–H groups in total. The quantitative estimate of drug-likeness (QED) is 0.848. The fourth-order valence-corrected chi connectivity index (χ4v) is 4.94. The number of hydrogen-bond acceptors (Lipinski definition) is 2. The van der Waals surface area contributed by atoms with Crippen LogP contribution in [0.3, 0.4) is 0 Å². The summed E-state index contributed by atoms with van der Waals surface area (Å²) < 4.78 is 12.8. The van der Waals surface area contributed by atoms with Gasteiger partial charge in [0.15, 0.2) is 0 Å². The second-order valence-corrected chi connectivity index (χ2v) is 6.95. The van der Waals surface area contributed by atoms with E-state index in [9.17, 15) is 4.21 Å². The molecule has 0 heterocycles. The molecule has 0 radical (unpaired) electrons. The van der Waals surface area contributed by atoms with Gasteiger partial charge in [-0.05, 0) is 43.4 Å². The van der Waals surface area contributed by atoms with Gasteiger partial charge in [0.2, 0.25) is 0 Å². The smallest absolute Gasteiger partial charge is 0.0567 e. The Hall–Kier alpha value is -0.830. The van der Waals surface area contributed by atoms with Gasteiger partial charge in [-0.1, -0.05) is 32.3 Å². The second kappa shape index (κ2) is 5.87. The maximum atomic E-state index is 12.8. The molecule has 1 aromatic carbocycles. The number of nitrogen functional groups attached to an aromatic ring is 1. The van der Waals surface area contributed by atoms with Gasteiger partial charge in [-0.2, -0.15) is 0 Å². The van der Waals surface area contributed by atoms with E-state index < -0.39 is 10.8 Å². The maximum absolute atomic E-state index is 12.8. The molecule has 2 rings (SSSR count). The molecule has 1 aromatic rings. The van der Waals surface area contributed by atoms with Crippen LogP contribution in [0.15, 0.2) is 23.1 Å². The van der Waals surface area contributed by atoms with E-state index in [1.807, 2.05) is 25.1 Å². The third-order valence-electron chi connectivity index (χ3n) is 4.07. The lowest BCUT2D eigenvalue weighted by Crippen LogP contribution is -2.29. The standard InChI is InChI=1S/C15H23NOS/c1-3-12-6-4-5-7-14(12)18(17)15-10-13(16)9-8-11(15)2/h8-10,12,14H,3-7,16H2,1-2H3. The highest BCUT2D eigenvalue weighted by Gasteiger charge is 2.30. The predicted molar refractivity (Wildman–Crippen MR) is 78.0 cm³/mol. The molecule has 0 amide bonds. The fraction of sp³-hybridized carbons (Fsp3) is 0.600. The summed E-state index contributed by atoms with van der Waals surface area (Å²) in [7, 11) is -0.902. The van der Waals surface area contributed by atoms with E-state index in [1.54, 1.807) is 0 Å². The van der Waals surface area contributed by atoms with Crippen molar-refractivity contribution in [2.75, 3.05) is 5.73 Å². The lowest BCUT2D eigenvalue weighted by Gasteiger charge is -2.30. The Labute approximate surface area is 112 Å². The van der Waals surface area contributed by atoms with Crippen molar-refractivity contribution >= 4 is 16.5 Å². The molecule has 0 aromatic heterocycles. The van der Waals surface area contributed by atoms with Gasteiger partial charge >= 0.3 is 0 Å². The zero-order valence-corrected chi connectivity index (χ0v) is 12.1. The van der Waals surface area contributed by atoms with Crippen LogP contribution < -0.4 is 5.73 Å². The first kappa shape index (κ1) is 13.6. The highest BCUT2D eigenvalue weighted by molar-refractivity contribution is 7.85. The first-order chi connectivity index (χ1) is 8.63. The summed E-state index contributed by atoms with van der Waals surface area (Å²) in [5.74, 6) is 0.611. The van der Waals surface area contributed by atoms with Gasteiger partial charge < -0.3 is 5.73 Å². The molecule has 1 saturated carbocycles. The number of hydrogen-bond donors (Lipinski definition) is 1. The molecular weight excluding hydrogens is 242 g/mol. The van der Waals surface area contributed by atoms with Gasteiger partial charge in [0.25, 0.3) is 0 Å². The summed E-state index contributed by atoms with van der Waals surface area (Å²) in [6.07, 6.45) is 5.97. The van der Waals surface area contributed by atoms with Gasteiger partial charge in [-0.3, -0.25) is 4.21 Å². The molecule has 3 unspecified atom stereocenters. The normalized spacial score (nSPS) is 25.9. The van der Waals surface area contributed by atoms with E-state index in [-0.39, 0.29) is 0 Å². The number of nitrogens with two attached hydrogens (primary N) is 1. The van der Waals surface area contributed by atoms with Crippen LogP contribution in [0, 0.1) is 12.8 Å². The van der Waals surface area contributed by atoms with Gasteiger partial charge in [0, 0.05) is 15.8 Å². The van der Waals surface area contributed by atoms with E-state index in [0.717, 1.165) is 23.3 Å². The van der Waals surface area contributed by atoms with Crippen molar-refractivity contribution < 1.29 is 4.21 Å². The minimum Gasteiger partial charge on any atom is -0.399 e. The molecule has 100 valence electrons. The molecule has 1 aliphatic carbocycles. The van der Waals surface area contributed by atoms with Crippen molar-refractivity contribution in [1.82, 2.24) is 0 Å². The molecule has 18 heavy (non-hydrogen) atoms.